The predicted octanol–water partition coefficient (Wildman–Crippen LogP) is 21.0. The standard InChI is InChI=1S/C77H56N6O/c1-45-27-33-60-54(39-45)55-40-46(2)28-34-61(55)80(60)74-73(53-20-16-26-71-72(53)52-19-10-15-25-70(52)84-71)75(81-62-35-29-47(3)41-56(62)57-42-48(4)30-36-63(57)81)77(78-76(74)82-64-37-31-49(5)43-58(64)59-44-50(6)32-38-65(59)82)83-68-23-13-11-21-66(68)79(51-17-8-7-9-18-51)67-22-12-14-24-69(67)83/h7-44H,1-6H3. The van der Waals surface area contributed by atoms with Gasteiger partial charge in [0, 0.05) is 54.3 Å². The molecular weight excluding hydrogens is 1020 g/mol. The van der Waals surface area contributed by atoms with Crippen molar-refractivity contribution >= 4 is 122 Å². The van der Waals surface area contributed by atoms with E-state index >= 15 is 0 Å². The van der Waals surface area contributed by atoms with Gasteiger partial charge in [-0.25, -0.2) is 4.98 Å². The molecule has 0 saturated carbocycles. The van der Waals surface area contributed by atoms with Gasteiger partial charge in [0.05, 0.1) is 55.8 Å². The molecule has 0 fully saturated rings. The van der Waals surface area contributed by atoms with Gasteiger partial charge in [-0.1, -0.05) is 143 Å². The quantitative estimate of drug-likeness (QED) is 0.166. The van der Waals surface area contributed by atoms with E-state index in [2.05, 4.69) is 296 Å². The van der Waals surface area contributed by atoms with Crippen LogP contribution in [0.4, 0.5) is 34.3 Å². The van der Waals surface area contributed by atoms with Crippen molar-refractivity contribution in [2.24, 2.45) is 0 Å². The first kappa shape index (κ1) is 48.1. The van der Waals surface area contributed by atoms with Gasteiger partial charge in [0.15, 0.2) is 11.6 Å². The summed E-state index contributed by atoms with van der Waals surface area (Å²) in [6.45, 7) is 13.2. The molecule has 0 aliphatic carbocycles. The maximum atomic E-state index is 6.99. The minimum Gasteiger partial charge on any atom is -0.456 e. The van der Waals surface area contributed by atoms with E-state index in [9.17, 15) is 0 Å². The van der Waals surface area contributed by atoms with E-state index in [0.717, 1.165) is 118 Å². The lowest BCUT2D eigenvalue weighted by Crippen LogP contribution is -2.26. The van der Waals surface area contributed by atoms with Crippen molar-refractivity contribution in [3.63, 3.8) is 0 Å². The normalized spacial score (nSPS) is 12.6. The van der Waals surface area contributed by atoms with Gasteiger partial charge in [-0.15, -0.1) is 0 Å². The lowest BCUT2D eigenvalue weighted by atomic mass is 9.95. The Morgan fingerprint density at radius 1 is 0.298 bits per heavy atom. The Kier molecular flexibility index (Phi) is 10.3. The fraction of sp³-hybridized carbons (Fsp3) is 0.0779. The van der Waals surface area contributed by atoms with Gasteiger partial charge in [0.1, 0.15) is 22.5 Å². The Morgan fingerprint density at radius 2 is 0.667 bits per heavy atom. The topological polar surface area (TPSA) is 47.3 Å². The van der Waals surface area contributed by atoms with Crippen LogP contribution in [0, 0.1) is 41.5 Å². The largest absolute Gasteiger partial charge is 0.456 e. The Hall–Kier alpha value is -10.6. The number of rotatable bonds is 6. The fourth-order valence-corrected chi connectivity index (χ4v) is 14.0. The summed E-state index contributed by atoms with van der Waals surface area (Å²) in [5.41, 5.74) is 24.3. The van der Waals surface area contributed by atoms with Crippen molar-refractivity contribution in [2.45, 2.75) is 41.5 Å². The Bertz CT molecular complexity index is 5250. The second-order valence-corrected chi connectivity index (χ2v) is 23.2. The number of aryl methyl sites for hydroxylation is 6. The molecule has 0 saturated heterocycles. The number of benzene rings is 11. The van der Waals surface area contributed by atoms with Crippen molar-refractivity contribution in [2.75, 3.05) is 9.80 Å². The molecule has 1 aliphatic rings. The minimum atomic E-state index is 0.766. The summed E-state index contributed by atoms with van der Waals surface area (Å²) in [5.74, 6) is 1.55. The summed E-state index contributed by atoms with van der Waals surface area (Å²) in [6, 6.07) is 85.3. The molecule has 400 valence electrons. The number of furan rings is 1. The fourth-order valence-electron chi connectivity index (χ4n) is 14.0. The van der Waals surface area contributed by atoms with Gasteiger partial charge in [-0.3, -0.25) is 9.47 Å². The molecule has 16 aromatic rings. The Labute approximate surface area is 485 Å². The maximum Gasteiger partial charge on any atom is 0.165 e. The molecular formula is C77H56N6O. The van der Waals surface area contributed by atoms with Crippen LogP contribution in [0.2, 0.25) is 0 Å². The molecule has 11 aromatic carbocycles. The number of fused-ring (bicyclic) bond motifs is 14. The van der Waals surface area contributed by atoms with E-state index in [1.807, 2.05) is 0 Å². The molecule has 0 unspecified atom stereocenters. The molecule has 84 heavy (non-hydrogen) atoms. The molecule has 0 bridgehead atoms. The zero-order valence-corrected chi connectivity index (χ0v) is 47.5. The second kappa shape index (κ2) is 17.9. The number of nitrogens with zero attached hydrogens (tertiary/aromatic N) is 6. The van der Waals surface area contributed by atoms with Gasteiger partial charge in [0.2, 0.25) is 0 Å². The smallest absolute Gasteiger partial charge is 0.165 e. The molecule has 0 spiro atoms. The van der Waals surface area contributed by atoms with E-state index in [1.54, 1.807) is 0 Å². The van der Waals surface area contributed by atoms with Crippen LogP contribution in [0.25, 0.3) is 116 Å². The van der Waals surface area contributed by atoms with E-state index in [-0.39, 0.29) is 0 Å². The molecule has 0 atom stereocenters. The highest BCUT2D eigenvalue weighted by Gasteiger charge is 2.38. The highest BCUT2D eigenvalue weighted by Crippen LogP contribution is 2.58. The van der Waals surface area contributed by atoms with Crippen molar-refractivity contribution in [1.82, 2.24) is 18.7 Å². The average molecular weight is 1080 g/mol. The first-order valence-electron chi connectivity index (χ1n) is 29.0. The molecule has 7 nitrogen and oxygen atoms in total. The van der Waals surface area contributed by atoms with Crippen LogP contribution in [-0.4, -0.2) is 18.7 Å². The zero-order valence-electron chi connectivity index (χ0n) is 47.5. The highest BCUT2D eigenvalue weighted by molar-refractivity contribution is 6.20. The first-order chi connectivity index (χ1) is 41.1. The molecule has 0 radical (unpaired) electrons. The van der Waals surface area contributed by atoms with Gasteiger partial charge < -0.3 is 18.5 Å². The van der Waals surface area contributed by atoms with Crippen molar-refractivity contribution in [3.05, 3.63) is 264 Å². The number of anilines is 6. The molecule has 17 rings (SSSR count). The molecule has 7 heteroatoms. The molecule has 5 aromatic heterocycles. The van der Waals surface area contributed by atoms with Crippen molar-refractivity contribution in [1.29, 1.82) is 0 Å². The van der Waals surface area contributed by atoms with E-state index in [1.165, 1.54) is 65.7 Å². The highest BCUT2D eigenvalue weighted by atomic mass is 16.3. The Morgan fingerprint density at radius 3 is 1.12 bits per heavy atom. The number of pyridine rings is 1. The summed E-state index contributed by atoms with van der Waals surface area (Å²) in [5, 5.41) is 9.12. The molecule has 6 heterocycles. The zero-order chi connectivity index (χ0) is 56.2. The van der Waals surface area contributed by atoms with Crippen molar-refractivity contribution < 1.29 is 4.42 Å². The van der Waals surface area contributed by atoms with Crippen LogP contribution in [0.5, 0.6) is 0 Å². The number of aromatic nitrogens is 4. The number of para-hydroxylation sites is 6. The van der Waals surface area contributed by atoms with Crippen LogP contribution < -0.4 is 9.80 Å². The SMILES string of the molecule is Cc1ccc2c(c1)c1cc(C)ccc1n2-c1nc(N2c3ccccc3N(c3ccccc3)c3ccccc32)c(-n2c3ccc(C)cc3c3cc(C)ccc32)c(-c2cccc3oc4ccccc4c23)c1-n1c2ccc(C)cc2c2cc(C)ccc21. The van der Waals surface area contributed by atoms with Crippen LogP contribution >= 0.6 is 0 Å². The molecule has 1 aliphatic heterocycles. The summed E-state index contributed by atoms with van der Waals surface area (Å²) in [7, 11) is 0. The molecule has 0 amide bonds. The summed E-state index contributed by atoms with van der Waals surface area (Å²) < 4.78 is 14.6. The Balaban J connectivity index is 1.19. The second-order valence-electron chi connectivity index (χ2n) is 23.2. The number of hydrogen-bond acceptors (Lipinski definition) is 4. The third-order valence-corrected chi connectivity index (χ3v) is 17.6. The summed E-state index contributed by atoms with van der Waals surface area (Å²) in [6.07, 6.45) is 0. The van der Waals surface area contributed by atoms with Crippen LogP contribution in [0.3, 0.4) is 0 Å². The first-order valence-corrected chi connectivity index (χ1v) is 29.0. The third-order valence-electron chi connectivity index (χ3n) is 17.6. The number of hydrogen-bond donors (Lipinski definition) is 0. The van der Waals surface area contributed by atoms with Crippen LogP contribution in [0.15, 0.2) is 235 Å². The van der Waals surface area contributed by atoms with Gasteiger partial charge in [0.25, 0.3) is 0 Å². The van der Waals surface area contributed by atoms with E-state index < -0.39 is 0 Å². The monoisotopic (exact) mass is 1080 g/mol. The third kappa shape index (κ3) is 6.90. The maximum absolute atomic E-state index is 6.99. The molecule has 0 N–H and O–H groups in total. The van der Waals surface area contributed by atoms with E-state index in [4.69, 9.17) is 9.40 Å². The van der Waals surface area contributed by atoms with Crippen molar-refractivity contribution in [3.8, 4) is 28.3 Å². The minimum absolute atomic E-state index is 0.766. The predicted molar refractivity (Wildman–Crippen MR) is 351 cm³/mol. The van der Waals surface area contributed by atoms with Gasteiger partial charge >= 0.3 is 0 Å². The summed E-state index contributed by atoms with van der Waals surface area (Å²) >= 11 is 0. The van der Waals surface area contributed by atoms with E-state index in [0.29, 0.717) is 0 Å². The van der Waals surface area contributed by atoms with Gasteiger partial charge in [-0.05, 0) is 168 Å². The van der Waals surface area contributed by atoms with Gasteiger partial charge in [-0.2, -0.15) is 0 Å². The van der Waals surface area contributed by atoms with Crippen LogP contribution in [-0.2, 0) is 0 Å². The lowest BCUT2D eigenvalue weighted by Gasteiger charge is -2.41. The average Bonchev–Trinajstić information content (AvgIpc) is 1.39. The lowest BCUT2D eigenvalue weighted by molar-refractivity contribution is 0.669. The summed E-state index contributed by atoms with van der Waals surface area (Å²) in [4.78, 5) is 11.5. The van der Waals surface area contributed by atoms with Crippen LogP contribution in [0.1, 0.15) is 33.4 Å².